The van der Waals surface area contributed by atoms with Crippen LogP contribution in [-0.4, -0.2) is 182 Å². The number of hydrogen-bond acceptors (Lipinski definition) is 26. The van der Waals surface area contributed by atoms with E-state index in [1.807, 2.05) is 79.8 Å². The monoisotopic (exact) mass is 1230 g/mol. The van der Waals surface area contributed by atoms with E-state index in [4.69, 9.17) is 43.9 Å². The highest BCUT2D eigenvalue weighted by molar-refractivity contribution is 7.85. The Labute approximate surface area is 502 Å². The Morgan fingerprint density at radius 3 is 1.41 bits per heavy atom. The van der Waals surface area contributed by atoms with Gasteiger partial charge in [-0.25, -0.2) is 19.9 Å². The highest BCUT2D eigenvalue weighted by Crippen LogP contribution is 2.41. The van der Waals surface area contributed by atoms with Gasteiger partial charge in [0.15, 0.2) is 58.6 Å². The zero-order valence-electron chi connectivity index (χ0n) is 48.2. The van der Waals surface area contributed by atoms with Gasteiger partial charge in [-0.1, -0.05) is 42.5 Å². The molecule has 0 unspecified atom stereocenters. The average Bonchev–Trinajstić information content (AvgIpc) is 2.84. The predicted molar refractivity (Wildman–Crippen MR) is 313 cm³/mol. The number of fused-ring (bicyclic) bond motifs is 2. The van der Waals surface area contributed by atoms with Crippen molar-refractivity contribution in [3.63, 3.8) is 0 Å². The highest BCUT2D eigenvalue weighted by atomic mass is 32.2. The predicted octanol–water partition coefficient (Wildman–Crippen LogP) is 2.17. The molecule has 3 fully saturated rings. The molecule has 33 nitrogen and oxygen atoms in total. The lowest BCUT2D eigenvalue weighted by Crippen LogP contribution is -2.33. The Balaban J connectivity index is 0.000000408. The van der Waals surface area contributed by atoms with Crippen LogP contribution in [0.2, 0.25) is 0 Å². The number of hydrogen-bond donors (Lipinski definition) is 9. The Kier molecular flexibility index (Phi) is 17.1. The van der Waals surface area contributed by atoms with Crippen molar-refractivity contribution >= 4 is 56.0 Å². The van der Waals surface area contributed by atoms with Gasteiger partial charge in [0, 0.05) is 64.5 Å². The van der Waals surface area contributed by atoms with Gasteiger partial charge in [0.1, 0.15) is 24.4 Å². The van der Waals surface area contributed by atoms with Crippen molar-refractivity contribution in [2.24, 2.45) is 14.1 Å². The minimum absolute atomic E-state index is 0.0123. The molecule has 88 heavy (non-hydrogen) atoms. The van der Waals surface area contributed by atoms with E-state index in [0.29, 0.717) is 84.9 Å². The van der Waals surface area contributed by atoms with Crippen LogP contribution in [0.1, 0.15) is 87.2 Å². The number of imidazole rings is 4. The summed E-state index contributed by atoms with van der Waals surface area (Å²) >= 11 is 0. The number of ether oxygens (including phenoxy) is 2. The van der Waals surface area contributed by atoms with Crippen molar-refractivity contribution in [2.45, 2.75) is 132 Å². The van der Waals surface area contributed by atoms with Crippen molar-refractivity contribution < 1.29 is 42.9 Å². The highest BCUT2D eigenvalue weighted by Gasteiger charge is 2.49. The largest absolute Gasteiger partial charge is 0.387 e. The molecule has 462 valence electrons. The third-order valence-corrected chi connectivity index (χ3v) is 16.3. The zero-order chi connectivity index (χ0) is 61.2. The second-order valence-corrected chi connectivity index (χ2v) is 23.0. The van der Waals surface area contributed by atoms with Gasteiger partial charge in [-0.15, -0.1) is 20.4 Å². The van der Waals surface area contributed by atoms with Crippen molar-refractivity contribution in [1.29, 1.82) is 0 Å². The van der Waals surface area contributed by atoms with Gasteiger partial charge >= 0.3 is 0 Å². The maximum atomic E-state index is 11.3. The van der Waals surface area contributed by atoms with Gasteiger partial charge in [-0.05, 0) is 73.2 Å². The minimum Gasteiger partial charge on any atom is -0.387 e. The van der Waals surface area contributed by atoms with Crippen LogP contribution >= 0.6 is 0 Å². The van der Waals surface area contributed by atoms with E-state index < -0.39 is 59.2 Å². The maximum absolute atomic E-state index is 11.3. The first kappa shape index (κ1) is 59.3. The summed E-state index contributed by atoms with van der Waals surface area (Å²) in [6.45, 7) is 5.65. The third kappa shape index (κ3) is 12.7. The molecule has 10 aromatic rings. The zero-order valence-corrected chi connectivity index (χ0v) is 49.0. The summed E-state index contributed by atoms with van der Waals surface area (Å²) in [7, 11) is -0.267. The normalized spacial score (nSPS) is 22.9. The molecular formula is C54H66N24O9S. The number of nitrogens with one attached hydrogen (secondary N) is 4. The molecule has 0 radical (unpaired) electrons. The summed E-state index contributed by atoms with van der Waals surface area (Å²) in [4.78, 5) is 40.4. The number of aromatic nitrogens is 20. The number of nitrogens with zero attached hydrogens (tertiary/aromatic N) is 20. The topological polar surface area (TPSA) is 412 Å². The maximum Gasteiger partial charge on any atom is 0.294 e. The molecule has 34 heteroatoms. The molecule has 2 saturated heterocycles. The van der Waals surface area contributed by atoms with Crippen molar-refractivity contribution in [1.82, 2.24) is 98.6 Å². The fourth-order valence-corrected chi connectivity index (χ4v) is 11.3. The first-order valence-electron chi connectivity index (χ1n) is 28.7. The SMILES string of the molecule is CCn1nnc([C@H]2O[C@@H](n3cnc4c(NC5CCC(Nc6nc(NCCc7cn(C)cn7)nc7c6ncn7[C@@H]6O[C@H](c7nnn(CC)n7)[C@@H](O)[C@H]6O)CC5)nc(NCCc5cn(C)cn5)nc43)[C@H](O)[C@@H]2O)n1.O=S(=O)(O)c1ccc(-c2ccccc2)cc1. The van der Waals surface area contributed by atoms with Crippen LogP contribution in [0.25, 0.3) is 33.5 Å². The molecule has 2 aliphatic heterocycles. The lowest BCUT2D eigenvalue weighted by molar-refractivity contribution is -0.0384. The van der Waals surface area contributed by atoms with Gasteiger partial charge in [0.2, 0.25) is 23.5 Å². The fourth-order valence-electron chi connectivity index (χ4n) is 10.8. The second kappa shape index (κ2) is 25.4. The van der Waals surface area contributed by atoms with Crippen molar-refractivity contribution in [2.75, 3.05) is 34.4 Å². The number of rotatable bonds is 20. The van der Waals surface area contributed by atoms with E-state index in [1.165, 1.54) is 34.4 Å². The third-order valence-electron chi connectivity index (χ3n) is 15.4. The van der Waals surface area contributed by atoms with Crippen LogP contribution in [0.15, 0.2) is 97.2 Å². The van der Waals surface area contributed by atoms with Gasteiger partial charge in [0.05, 0.1) is 54.7 Å². The second-order valence-electron chi connectivity index (χ2n) is 21.6. The molecule has 1 aliphatic carbocycles. The lowest BCUT2D eigenvalue weighted by atomic mass is 9.91. The summed E-state index contributed by atoms with van der Waals surface area (Å²) in [5.74, 6) is 1.95. The number of aryl methyl sites for hydroxylation is 4. The van der Waals surface area contributed by atoms with Gasteiger partial charge in [-0.3, -0.25) is 13.7 Å². The standard InChI is InChI=1S/C42H56N24O6.C12H10O3S/c1-5-65-57-35(55-59-65)31-27(67)29(69)39(71-31)63-19-47-25-33(51-41(53-37(25)63)43-13-11-23-15-61(3)17-45-23)49-21-7-9-22(10-8-21)50-34-26-38(54-42(52-34)44-14-12-24-16-62(4)18-46-24)64(20-48-26)40-30(70)28(68)32(72-40)36-56-60-66(6-2)58-36;13-16(14,15)12-8-6-11(7-9-12)10-4-2-1-3-5-10/h15-22,27-32,39-40,67-70H,5-14H2,1-4H3,(H2,43,49,51,53)(H2,44,50,52,54);1-9H,(H,13,14,15)/t21?,22?,27-,28-,29+,30+,31-,32-,39+,40+;/m0./s1. The summed E-state index contributed by atoms with van der Waals surface area (Å²) in [6.07, 6.45) is 5.02. The molecule has 0 spiro atoms. The van der Waals surface area contributed by atoms with Gasteiger partial charge in [0.25, 0.3) is 10.1 Å². The van der Waals surface area contributed by atoms with Crippen LogP contribution in [0.3, 0.4) is 0 Å². The fraction of sp³-hybridized carbons (Fsp3) is 0.444. The van der Waals surface area contributed by atoms with Crippen LogP contribution in [0.5, 0.6) is 0 Å². The van der Waals surface area contributed by atoms with E-state index in [1.54, 1.807) is 33.9 Å². The summed E-state index contributed by atoms with van der Waals surface area (Å²) < 4.78 is 49.9. The minimum atomic E-state index is -4.10. The number of tetrazole rings is 2. The van der Waals surface area contributed by atoms with Crippen LogP contribution < -0.4 is 21.3 Å². The molecule has 2 aromatic carbocycles. The first-order valence-corrected chi connectivity index (χ1v) is 30.2. The summed E-state index contributed by atoms with van der Waals surface area (Å²) in [5, 5.41) is 83.5. The lowest BCUT2D eigenvalue weighted by Gasteiger charge is -2.30. The first-order chi connectivity index (χ1) is 42.6. The van der Waals surface area contributed by atoms with Crippen molar-refractivity contribution in [3.05, 3.63) is 115 Å². The number of benzene rings is 2. The molecular weight excluding hydrogens is 1160 g/mol. The van der Waals surface area contributed by atoms with Crippen LogP contribution in [0.4, 0.5) is 23.5 Å². The molecule has 8 aromatic heterocycles. The molecule has 0 amide bonds. The summed E-state index contributed by atoms with van der Waals surface area (Å²) in [5.41, 5.74) is 5.39. The molecule has 9 N–H and O–H groups in total. The van der Waals surface area contributed by atoms with E-state index in [2.05, 4.69) is 62.1 Å². The number of aliphatic hydroxyl groups excluding tert-OH is 4. The molecule has 8 atom stereocenters. The molecule has 3 aliphatic rings. The molecule has 10 heterocycles. The quantitative estimate of drug-likeness (QED) is 0.0494. The Morgan fingerprint density at radius 2 is 1.01 bits per heavy atom. The Bertz CT molecular complexity index is 3900. The number of aliphatic hydroxyl groups is 4. The average molecular weight is 1230 g/mol. The molecule has 13 rings (SSSR count). The van der Waals surface area contributed by atoms with Crippen LogP contribution in [-0.2, 0) is 59.6 Å². The molecule has 0 bridgehead atoms. The molecule has 1 saturated carbocycles. The Hall–Kier alpha value is -9.03. The summed E-state index contributed by atoms with van der Waals surface area (Å²) in [6, 6.07) is 15.7. The van der Waals surface area contributed by atoms with Crippen molar-refractivity contribution in [3.8, 4) is 11.1 Å². The van der Waals surface area contributed by atoms with E-state index in [-0.39, 0.29) is 28.6 Å². The Morgan fingerprint density at radius 1 is 0.568 bits per heavy atom. The van der Waals surface area contributed by atoms with Crippen LogP contribution in [0, 0.1) is 0 Å². The van der Waals surface area contributed by atoms with Gasteiger partial charge < -0.3 is 60.3 Å². The van der Waals surface area contributed by atoms with E-state index in [9.17, 15) is 28.8 Å². The van der Waals surface area contributed by atoms with E-state index in [0.717, 1.165) is 48.2 Å². The van der Waals surface area contributed by atoms with E-state index >= 15 is 0 Å². The van der Waals surface area contributed by atoms with Gasteiger partial charge in [-0.2, -0.15) is 37.9 Å². The smallest absolute Gasteiger partial charge is 0.294 e. The number of anilines is 4.